The number of fused-ring (bicyclic) bond motifs is 1. The van der Waals surface area contributed by atoms with E-state index in [2.05, 4.69) is 0 Å². The number of aryl methyl sites for hydroxylation is 1. The minimum absolute atomic E-state index is 0.372. The first kappa shape index (κ1) is 11.9. The van der Waals surface area contributed by atoms with E-state index in [1.165, 1.54) is 12.1 Å². The van der Waals surface area contributed by atoms with Gasteiger partial charge < -0.3 is 9.52 Å². The topological polar surface area (TPSA) is 33.4 Å². The maximum Gasteiger partial charge on any atom is 0.138 e. The van der Waals surface area contributed by atoms with Gasteiger partial charge in [0.2, 0.25) is 0 Å². The van der Waals surface area contributed by atoms with Crippen LogP contribution < -0.4 is 0 Å². The highest BCUT2D eigenvalue weighted by Gasteiger charge is 2.16. The summed E-state index contributed by atoms with van der Waals surface area (Å²) in [5.41, 5.74) is 2.33. The number of aliphatic hydroxyl groups is 1. The molecule has 0 spiro atoms. The summed E-state index contributed by atoms with van der Waals surface area (Å²) in [5, 5.41) is 11.2. The molecule has 1 atom stereocenters. The maximum absolute atomic E-state index is 13.2. The number of benzene rings is 2. The van der Waals surface area contributed by atoms with Gasteiger partial charge in [0.1, 0.15) is 23.3 Å². The van der Waals surface area contributed by atoms with Crippen molar-refractivity contribution in [3.8, 4) is 0 Å². The molecule has 0 aliphatic heterocycles. The molecule has 19 heavy (non-hydrogen) atoms. The molecule has 0 aliphatic carbocycles. The van der Waals surface area contributed by atoms with Crippen molar-refractivity contribution in [3.05, 3.63) is 71.2 Å². The van der Waals surface area contributed by atoms with Crippen LogP contribution in [0.2, 0.25) is 0 Å². The molecule has 0 saturated carbocycles. The predicted octanol–water partition coefficient (Wildman–Crippen LogP) is 3.96. The van der Waals surface area contributed by atoms with Gasteiger partial charge in [0.15, 0.2) is 0 Å². The average molecular weight is 256 g/mol. The fourth-order valence-electron chi connectivity index (χ4n) is 2.16. The molecule has 1 N–H and O–H groups in total. The van der Waals surface area contributed by atoms with Crippen molar-refractivity contribution in [2.75, 3.05) is 0 Å². The first-order valence-corrected chi connectivity index (χ1v) is 6.07. The molecule has 0 fully saturated rings. The lowest BCUT2D eigenvalue weighted by Crippen LogP contribution is -1.98. The Labute approximate surface area is 110 Å². The maximum atomic E-state index is 13.2. The molecule has 0 amide bonds. The summed E-state index contributed by atoms with van der Waals surface area (Å²) in [6.07, 6.45) is -0.955. The SMILES string of the molecule is Cc1ccc2oc(C(O)c3cccc(F)c3)cc2c1. The number of halogens is 1. The van der Waals surface area contributed by atoms with Gasteiger partial charge in [0, 0.05) is 5.39 Å². The summed E-state index contributed by atoms with van der Waals surface area (Å²) < 4.78 is 18.8. The molecule has 0 bridgehead atoms. The molecule has 2 aromatic carbocycles. The van der Waals surface area contributed by atoms with Crippen LogP contribution in [0.5, 0.6) is 0 Å². The van der Waals surface area contributed by atoms with Gasteiger partial charge in [-0.3, -0.25) is 0 Å². The van der Waals surface area contributed by atoms with E-state index < -0.39 is 6.10 Å². The molecular formula is C16H13FO2. The van der Waals surface area contributed by atoms with Crippen LogP contribution in [0.25, 0.3) is 11.0 Å². The molecule has 1 aromatic heterocycles. The minimum atomic E-state index is -0.955. The van der Waals surface area contributed by atoms with Crippen LogP contribution in [0.3, 0.4) is 0 Å². The quantitative estimate of drug-likeness (QED) is 0.752. The van der Waals surface area contributed by atoms with Crippen molar-refractivity contribution < 1.29 is 13.9 Å². The number of hydrogen-bond donors (Lipinski definition) is 1. The van der Waals surface area contributed by atoms with Gasteiger partial charge >= 0.3 is 0 Å². The monoisotopic (exact) mass is 256 g/mol. The van der Waals surface area contributed by atoms with Gasteiger partial charge in [-0.1, -0.05) is 23.8 Å². The Bertz CT molecular complexity index is 730. The molecule has 0 saturated heterocycles. The van der Waals surface area contributed by atoms with Gasteiger partial charge in [-0.15, -0.1) is 0 Å². The van der Waals surface area contributed by atoms with Gasteiger partial charge in [-0.05, 0) is 42.8 Å². The van der Waals surface area contributed by atoms with Crippen LogP contribution in [0, 0.1) is 12.7 Å². The molecule has 1 unspecified atom stereocenters. The van der Waals surface area contributed by atoms with E-state index in [1.54, 1.807) is 18.2 Å². The van der Waals surface area contributed by atoms with E-state index >= 15 is 0 Å². The molecule has 96 valence electrons. The Kier molecular flexibility index (Phi) is 2.84. The van der Waals surface area contributed by atoms with E-state index in [-0.39, 0.29) is 5.82 Å². The van der Waals surface area contributed by atoms with Crippen LogP contribution in [0.1, 0.15) is 23.0 Å². The van der Waals surface area contributed by atoms with E-state index in [0.29, 0.717) is 11.3 Å². The van der Waals surface area contributed by atoms with Gasteiger partial charge in [-0.25, -0.2) is 4.39 Å². The first-order chi connectivity index (χ1) is 9.13. The molecule has 2 nitrogen and oxygen atoms in total. The summed E-state index contributed by atoms with van der Waals surface area (Å²) in [7, 11) is 0. The molecule has 3 rings (SSSR count). The normalized spacial score (nSPS) is 12.8. The van der Waals surface area contributed by atoms with E-state index in [4.69, 9.17) is 4.42 Å². The summed E-state index contributed by atoms with van der Waals surface area (Å²) in [6.45, 7) is 2.00. The number of hydrogen-bond acceptors (Lipinski definition) is 2. The Morgan fingerprint density at radius 1 is 1.11 bits per heavy atom. The van der Waals surface area contributed by atoms with E-state index in [1.807, 2.05) is 25.1 Å². The van der Waals surface area contributed by atoms with Crippen molar-refractivity contribution in [2.24, 2.45) is 0 Å². The summed E-state index contributed by atoms with van der Waals surface area (Å²) >= 11 is 0. The third kappa shape index (κ3) is 2.25. The fourth-order valence-corrected chi connectivity index (χ4v) is 2.16. The Balaban J connectivity index is 2.04. The van der Waals surface area contributed by atoms with E-state index in [0.717, 1.165) is 16.5 Å². The summed E-state index contributed by atoms with van der Waals surface area (Å²) in [5.74, 6) is 0.0507. The van der Waals surface area contributed by atoms with E-state index in [9.17, 15) is 9.50 Å². The van der Waals surface area contributed by atoms with Gasteiger partial charge in [0.25, 0.3) is 0 Å². The number of aliphatic hydroxyl groups excluding tert-OH is 1. The largest absolute Gasteiger partial charge is 0.458 e. The van der Waals surface area contributed by atoms with Crippen LogP contribution in [0.15, 0.2) is 52.9 Å². The van der Waals surface area contributed by atoms with Gasteiger partial charge in [-0.2, -0.15) is 0 Å². The Hall–Kier alpha value is -2.13. The molecule has 0 aliphatic rings. The van der Waals surface area contributed by atoms with Gasteiger partial charge in [0.05, 0.1) is 0 Å². The number of furan rings is 1. The van der Waals surface area contributed by atoms with Crippen LogP contribution in [-0.2, 0) is 0 Å². The van der Waals surface area contributed by atoms with Crippen molar-refractivity contribution >= 4 is 11.0 Å². The Morgan fingerprint density at radius 3 is 2.74 bits per heavy atom. The fraction of sp³-hybridized carbons (Fsp3) is 0.125. The lowest BCUT2D eigenvalue weighted by atomic mass is 10.1. The first-order valence-electron chi connectivity index (χ1n) is 6.07. The predicted molar refractivity (Wildman–Crippen MR) is 71.4 cm³/mol. The van der Waals surface area contributed by atoms with Crippen molar-refractivity contribution in [3.63, 3.8) is 0 Å². The minimum Gasteiger partial charge on any atom is -0.458 e. The molecule has 3 heteroatoms. The zero-order chi connectivity index (χ0) is 13.4. The van der Waals surface area contributed by atoms with Crippen molar-refractivity contribution in [1.82, 2.24) is 0 Å². The Morgan fingerprint density at radius 2 is 1.95 bits per heavy atom. The summed E-state index contributed by atoms with van der Waals surface area (Å²) in [6, 6.07) is 13.5. The molecule has 3 aromatic rings. The van der Waals surface area contributed by atoms with Crippen molar-refractivity contribution in [1.29, 1.82) is 0 Å². The zero-order valence-corrected chi connectivity index (χ0v) is 10.4. The highest BCUT2D eigenvalue weighted by Crippen LogP contribution is 2.28. The third-order valence-electron chi connectivity index (χ3n) is 3.12. The molecular weight excluding hydrogens is 243 g/mol. The van der Waals surface area contributed by atoms with Crippen molar-refractivity contribution in [2.45, 2.75) is 13.0 Å². The molecule has 1 heterocycles. The second kappa shape index (κ2) is 4.52. The summed E-state index contributed by atoms with van der Waals surface area (Å²) in [4.78, 5) is 0. The van der Waals surface area contributed by atoms with Crippen LogP contribution in [-0.4, -0.2) is 5.11 Å². The smallest absolute Gasteiger partial charge is 0.138 e. The highest BCUT2D eigenvalue weighted by molar-refractivity contribution is 5.78. The lowest BCUT2D eigenvalue weighted by molar-refractivity contribution is 0.192. The average Bonchev–Trinajstić information content (AvgIpc) is 2.80. The zero-order valence-electron chi connectivity index (χ0n) is 10.4. The number of rotatable bonds is 2. The van der Waals surface area contributed by atoms with Crippen LogP contribution in [0.4, 0.5) is 4.39 Å². The molecule has 0 radical (unpaired) electrons. The standard InChI is InChI=1S/C16H13FO2/c1-10-5-6-14-12(7-10)9-15(19-14)16(18)11-3-2-4-13(17)8-11/h2-9,16,18H,1H3. The van der Waals surface area contributed by atoms with Crippen LogP contribution >= 0.6 is 0 Å². The second-order valence-electron chi connectivity index (χ2n) is 4.65. The third-order valence-corrected chi connectivity index (χ3v) is 3.12. The lowest BCUT2D eigenvalue weighted by Gasteiger charge is -2.07. The second-order valence-corrected chi connectivity index (χ2v) is 4.65. The highest BCUT2D eigenvalue weighted by atomic mass is 19.1.